The fraction of sp³-hybridized carbons (Fsp3) is 0. The van der Waals surface area contributed by atoms with Crippen LogP contribution in [-0.4, -0.2) is 0 Å². The van der Waals surface area contributed by atoms with Gasteiger partial charge in [-0.3, -0.25) is 0 Å². The Hall–Kier alpha value is -8.14. The molecule has 0 atom stereocenters. The maximum atomic E-state index is 2.33. The Morgan fingerprint density at radius 1 is 0.206 bits per heavy atom. The van der Waals surface area contributed by atoms with Crippen LogP contribution in [0.5, 0.6) is 0 Å². The molecule has 68 heavy (non-hydrogen) atoms. The standard InChI is InChI=1S/C66H38S2/c1-3-10-61-53(8-1)59(37-67-61)51-30-22-45-24-32-55-49(28-20-43-26-34-57(51)65(45)63(43)55)41-16-12-39(13-17-41)47-6-5-7-48(36-47)40-14-18-42(19-15-40)50-29-21-44-27-35-58-52(60-38-68-62-11-4-2-9-54(60)62)31-23-46-25-33-56(50)64(44)66(46)58/h1-38H. The Kier molecular flexibility index (Phi) is 8.21. The lowest BCUT2D eigenvalue weighted by Gasteiger charge is -2.17. The summed E-state index contributed by atoms with van der Waals surface area (Å²) in [6.07, 6.45) is 0. The Morgan fingerprint density at radius 3 is 0.956 bits per heavy atom. The molecule has 0 aliphatic carbocycles. The highest BCUT2D eigenvalue weighted by Crippen LogP contribution is 2.47. The minimum Gasteiger partial charge on any atom is -0.143 e. The van der Waals surface area contributed by atoms with Gasteiger partial charge in [0, 0.05) is 31.3 Å². The van der Waals surface area contributed by atoms with Crippen LogP contribution in [0.2, 0.25) is 0 Å². The first-order chi connectivity index (χ1) is 33.7. The molecule has 0 saturated heterocycles. The zero-order chi connectivity index (χ0) is 44.5. The highest BCUT2D eigenvalue weighted by atomic mass is 32.1. The van der Waals surface area contributed by atoms with Gasteiger partial charge in [-0.25, -0.2) is 0 Å². The van der Waals surface area contributed by atoms with Crippen molar-refractivity contribution in [2.75, 3.05) is 0 Å². The highest BCUT2D eigenvalue weighted by molar-refractivity contribution is 7.18. The molecule has 0 spiro atoms. The third kappa shape index (κ3) is 5.66. The molecule has 0 fully saturated rings. The predicted octanol–water partition coefficient (Wildman–Crippen LogP) is 19.9. The molecule has 15 rings (SSSR count). The van der Waals surface area contributed by atoms with Crippen molar-refractivity contribution in [3.05, 3.63) is 229 Å². The fourth-order valence-electron chi connectivity index (χ4n) is 11.5. The van der Waals surface area contributed by atoms with Gasteiger partial charge in [0.25, 0.3) is 0 Å². The van der Waals surface area contributed by atoms with Crippen LogP contribution in [0.25, 0.3) is 152 Å². The van der Waals surface area contributed by atoms with E-state index < -0.39 is 0 Å². The first kappa shape index (κ1) is 38.0. The molecule has 0 amide bonds. The number of benzene rings is 13. The van der Waals surface area contributed by atoms with E-state index in [9.17, 15) is 0 Å². The molecule has 0 nitrogen and oxygen atoms in total. The van der Waals surface area contributed by atoms with Crippen molar-refractivity contribution in [3.63, 3.8) is 0 Å². The Morgan fingerprint density at radius 2 is 0.544 bits per heavy atom. The molecule has 2 aromatic heterocycles. The molecule has 0 N–H and O–H groups in total. The number of thiophene rings is 2. The zero-order valence-corrected chi connectivity index (χ0v) is 38.4. The van der Waals surface area contributed by atoms with Crippen molar-refractivity contribution in [3.8, 4) is 66.8 Å². The first-order valence-electron chi connectivity index (χ1n) is 23.4. The summed E-state index contributed by atoms with van der Waals surface area (Å²) in [6, 6.07) is 81.9. The van der Waals surface area contributed by atoms with Gasteiger partial charge in [-0.1, -0.05) is 200 Å². The van der Waals surface area contributed by atoms with Gasteiger partial charge >= 0.3 is 0 Å². The summed E-state index contributed by atoms with van der Waals surface area (Å²) >= 11 is 3.66. The van der Waals surface area contributed by atoms with Gasteiger partial charge in [-0.15, -0.1) is 22.7 Å². The van der Waals surface area contributed by atoms with Gasteiger partial charge in [0.1, 0.15) is 0 Å². The van der Waals surface area contributed by atoms with Crippen LogP contribution in [0.3, 0.4) is 0 Å². The number of hydrogen-bond donors (Lipinski definition) is 0. The van der Waals surface area contributed by atoms with Crippen molar-refractivity contribution in [1.29, 1.82) is 0 Å². The second kappa shape index (κ2) is 14.7. The largest absolute Gasteiger partial charge is 0.143 e. The molecule has 0 aliphatic rings. The molecular weight excluding hydrogens is 857 g/mol. The summed E-state index contributed by atoms with van der Waals surface area (Å²) in [6.45, 7) is 0. The van der Waals surface area contributed by atoms with E-state index in [1.807, 2.05) is 22.7 Å². The van der Waals surface area contributed by atoms with Crippen LogP contribution in [0.4, 0.5) is 0 Å². The average Bonchev–Trinajstić information content (AvgIpc) is 4.04. The van der Waals surface area contributed by atoms with Crippen LogP contribution < -0.4 is 0 Å². The third-order valence-corrected chi connectivity index (χ3v) is 16.7. The van der Waals surface area contributed by atoms with Crippen LogP contribution >= 0.6 is 22.7 Å². The van der Waals surface area contributed by atoms with Gasteiger partial charge in [0.2, 0.25) is 0 Å². The van der Waals surface area contributed by atoms with Crippen molar-refractivity contribution in [2.45, 2.75) is 0 Å². The molecule has 13 aromatic carbocycles. The SMILES string of the molecule is c1cc(-c2ccc(-c3ccc4ccc5c(-c6csc7ccccc67)ccc6ccc3c4c65)cc2)cc(-c2ccc(-c3ccc4ccc5c(-c6csc7ccccc67)ccc6ccc3c4c65)cc2)c1. The minimum absolute atomic E-state index is 1.21. The summed E-state index contributed by atoms with van der Waals surface area (Å²) in [5.74, 6) is 0. The number of fused-ring (bicyclic) bond motifs is 2. The summed E-state index contributed by atoms with van der Waals surface area (Å²) < 4.78 is 2.66. The van der Waals surface area contributed by atoms with Gasteiger partial charge < -0.3 is 0 Å². The lowest BCUT2D eigenvalue weighted by atomic mass is 9.87. The predicted molar refractivity (Wildman–Crippen MR) is 297 cm³/mol. The molecule has 0 bridgehead atoms. The second-order valence-corrected chi connectivity index (χ2v) is 20.1. The quantitative estimate of drug-likeness (QED) is 0.146. The zero-order valence-electron chi connectivity index (χ0n) is 36.8. The van der Waals surface area contributed by atoms with E-state index in [1.165, 1.54) is 152 Å². The number of hydrogen-bond acceptors (Lipinski definition) is 2. The lowest BCUT2D eigenvalue weighted by Crippen LogP contribution is -1.89. The molecule has 0 radical (unpaired) electrons. The second-order valence-electron chi connectivity index (χ2n) is 18.3. The van der Waals surface area contributed by atoms with E-state index in [1.54, 1.807) is 0 Å². The van der Waals surface area contributed by atoms with E-state index >= 15 is 0 Å². The molecule has 0 unspecified atom stereocenters. The summed E-state index contributed by atoms with van der Waals surface area (Å²) in [7, 11) is 0. The average molecular weight is 895 g/mol. The van der Waals surface area contributed by atoms with Crippen molar-refractivity contribution < 1.29 is 0 Å². The molecule has 15 aromatic rings. The molecule has 314 valence electrons. The highest BCUT2D eigenvalue weighted by Gasteiger charge is 2.19. The maximum Gasteiger partial charge on any atom is 0.0349 e. The van der Waals surface area contributed by atoms with E-state index in [2.05, 4.69) is 229 Å². The van der Waals surface area contributed by atoms with Gasteiger partial charge in [-0.2, -0.15) is 0 Å². The topological polar surface area (TPSA) is 0 Å². The molecule has 0 saturated carbocycles. The van der Waals surface area contributed by atoms with E-state index in [0.29, 0.717) is 0 Å². The Labute approximate surface area is 400 Å². The third-order valence-electron chi connectivity index (χ3n) is 14.8. The summed E-state index contributed by atoms with van der Waals surface area (Å²) in [5, 5.41) is 23.1. The molecule has 2 heterocycles. The van der Waals surface area contributed by atoms with Crippen molar-refractivity contribution in [1.82, 2.24) is 0 Å². The molecule has 2 heteroatoms. The van der Waals surface area contributed by atoms with Crippen molar-refractivity contribution >= 4 is 107 Å². The monoisotopic (exact) mass is 894 g/mol. The van der Waals surface area contributed by atoms with Crippen LogP contribution in [0, 0.1) is 0 Å². The molecular formula is C66H38S2. The Balaban J connectivity index is 0.752. The van der Waals surface area contributed by atoms with E-state index in [0.717, 1.165) is 0 Å². The molecule has 0 aliphatic heterocycles. The Bertz CT molecular complexity index is 4180. The lowest BCUT2D eigenvalue weighted by molar-refractivity contribution is 1.58. The van der Waals surface area contributed by atoms with Crippen LogP contribution in [0.15, 0.2) is 229 Å². The minimum atomic E-state index is 1.21. The van der Waals surface area contributed by atoms with Crippen LogP contribution in [0.1, 0.15) is 0 Å². The van der Waals surface area contributed by atoms with E-state index in [-0.39, 0.29) is 0 Å². The summed E-state index contributed by atoms with van der Waals surface area (Å²) in [5.41, 5.74) is 15.1. The van der Waals surface area contributed by atoms with Gasteiger partial charge in [0.15, 0.2) is 0 Å². The maximum absolute atomic E-state index is 2.33. The van der Waals surface area contributed by atoms with Crippen LogP contribution in [-0.2, 0) is 0 Å². The normalized spacial score (nSPS) is 12.1. The smallest absolute Gasteiger partial charge is 0.0349 e. The summed E-state index contributed by atoms with van der Waals surface area (Å²) in [4.78, 5) is 0. The fourth-order valence-corrected chi connectivity index (χ4v) is 13.4. The van der Waals surface area contributed by atoms with Gasteiger partial charge in [0.05, 0.1) is 0 Å². The first-order valence-corrected chi connectivity index (χ1v) is 25.1. The number of rotatable bonds is 6. The van der Waals surface area contributed by atoms with Crippen molar-refractivity contribution in [2.24, 2.45) is 0 Å². The van der Waals surface area contributed by atoms with Gasteiger partial charge in [-0.05, 0) is 149 Å². The van der Waals surface area contributed by atoms with E-state index in [4.69, 9.17) is 0 Å².